The monoisotopic (exact) mass is 291 g/mol. The van der Waals surface area contributed by atoms with Crippen molar-refractivity contribution in [1.82, 2.24) is 4.90 Å². The molecule has 0 N–H and O–H groups in total. The molecular formula is C16H21NS2. The summed E-state index contributed by atoms with van der Waals surface area (Å²) >= 11 is 4.43. The zero-order chi connectivity index (χ0) is 12.7. The first-order chi connectivity index (χ1) is 9.42. The predicted octanol–water partition coefficient (Wildman–Crippen LogP) is 3.85. The van der Waals surface area contributed by atoms with E-state index in [1.54, 1.807) is 0 Å². The van der Waals surface area contributed by atoms with Crippen molar-refractivity contribution < 1.29 is 0 Å². The Balaban J connectivity index is 1.55. The minimum atomic E-state index is 0.844. The Morgan fingerprint density at radius 1 is 1.05 bits per heavy atom. The van der Waals surface area contributed by atoms with Crippen molar-refractivity contribution in [3.8, 4) is 0 Å². The molecule has 0 amide bonds. The number of benzene rings is 1. The Hall–Kier alpha value is -0.120. The molecule has 1 nitrogen and oxygen atoms in total. The Kier molecular flexibility index (Phi) is 3.55. The zero-order valence-electron chi connectivity index (χ0n) is 11.2. The maximum Gasteiger partial charge on any atom is 0.0661 e. The fraction of sp³-hybridized carbons (Fsp3) is 0.625. The SMILES string of the molecule is c1ccc(CN2[C@H]3CC[C@H](C3)[C@@H]2C2SCCS2)cc1. The molecule has 2 heterocycles. The van der Waals surface area contributed by atoms with Crippen LogP contribution in [0.2, 0.25) is 0 Å². The molecule has 102 valence electrons. The molecule has 3 atom stereocenters. The molecule has 0 spiro atoms. The molecular weight excluding hydrogens is 270 g/mol. The maximum atomic E-state index is 2.85. The van der Waals surface area contributed by atoms with Crippen molar-refractivity contribution in [2.24, 2.45) is 5.92 Å². The van der Waals surface area contributed by atoms with E-state index in [4.69, 9.17) is 0 Å². The fourth-order valence-corrected chi connectivity index (χ4v) is 7.45. The quantitative estimate of drug-likeness (QED) is 0.833. The van der Waals surface area contributed by atoms with Gasteiger partial charge in [0, 0.05) is 30.1 Å². The van der Waals surface area contributed by atoms with Crippen LogP contribution in [0.3, 0.4) is 0 Å². The van der Waals surface area contributed by atoms with Crippen molar-refractivity contribution in [1.29, 1.82) is 0 Å². The molecule has 2 aliphatic heterocycles. The van der Waals surface area contributed by atoms with Gasteiger partial charge >= 0.3 is 0 Å². The van der Waals surface area contributed by atoms with Gasteiger partial charge in [0.2, 0.25) is 0 Å². The van der Waals surface area contributed by atoms with E-state index >= 15 is 0 Å². The van der Waals surface area contributed by atoms with E-state index < -0.39 is 0 Å². The van der Waals surface area contributed by atoms with Crippen LogP contribution in [0.15, 0.2) is 30.3 Å². The van der Waals surface area contributed by atoms with Crippen molar-refractivity contribution in [3.63, 3.8) is 0 Å². The maximum absolute atomic E-state index is 2.85. The van der Waals surface area contributed by atoms with Gasteiger partial charge in [-0.15, -0.1) is 23.5 Å². The lowest BCUT2D eigenvalue weighted by atomic mass is 9.99. The van der Waals surface area contributed by atoms with E-state index in [2.05, 4.69) is 58.8 Å². The highest BCUT2D eigenvalue weighted by Crippen LogP contribution is 2.50. The van der Waals surface area contributed by atoms with Crippen LogP contribution < -0.4 is 0 Å². The molecule has 1 saturated carbocycles. The van der Waals surface area contributed by atoms with Gasteiger partial charge in [-0.25, -0.2) is 0 Å². The molecule has 2 saturated heterocycles. The number of likely N-dealkylation sites (tertiary alicyclic amines) is 1. The average molecular weight is 291 g/mol. The van der Waals surface area contributed by atoms with Crippen LogP contribution in [-0.2, 0) is 6.54 Å². The van der Waals surface area contributed by atoms with E-state index in [0.29, 0.717) is 0 Å². The minimum absolute atomic E-state index is 0.844. The highest BCUT2D eigenvalue weighted by Gasteiger charge is 2.49. The summed E-state index contributed by atoms with van der Waals surface area (Å²) in [6.45, 7) is 1.17. The number of nitrogens with zero attached hydrogens (tertiary/aromatic N) is 1. The van der Waals surface area contributed by atoms with Crippen LogP contribution in [0.1, 0.15) is 24.8 Å². The minimum Gasteiger partial charge on any atom is -0.291 e. The summed E-state index contributed by atoms with van der Waals surface area (Å²) in [5.74, 6) is 3.71. The number of hydrogen-bond donors (Lipinski definition) is 0. The van der Waals surface area contributed by atoms with Crippen LogP contribution in [0.5, 0.6) is 0 Å². The van der Waals surface area contributed by atoms with Gasteiger partial charge in [0.25, 0.3) is 0 Å². The molecule has 1 aliphatic carbocycles. The van der Waals surface area contributed by atoms with Crippen LogP contribution >= 0.6 is 23.5 Å². The lowest BCUT2D eigenvalue weighted by Crippen LogP contribution is -2.44. The number of rotatable bonds is 3. The van der Waals surface area contributed by atoms with Gasteiger partial charge in [0.05, 0.1) is 4.58 Å². The number of piperidine rings is 1. The Labute approximate surface area is 124 Å². The molecule has 3 heteroatoms. The van der Waals surface area contributed by atoms with Gasteiger partial charge in [0.15, 0.2) is 0 Å². The summed E-state index contributed by atoms with van der Waals surface area (Å²) in [6, 6.07) is 12.8. The topological polar surface area (TPSA) is 3.24 Å². The van der Waals surface area contributed by atoms with Gasteiger partial charge < -0.3 is 0 Å². The molecule has 1 aromatic rings. The molecule has 4 rings (SSSR count). The standard InChI is InChI=1S/C16H21NS2/c1-2-4-12(5-3-1)11-17-14-7-6-13(10-14)15(17)16-18-8-9-19-16/h1-5,13-16H,6-11H2/t13-,14+,15-/m1/s1. The molecule has 1 aromatic carbocycles. The van der Waals surface area contributed by atoms with Gasteiger partial charge in [0.1, 0.15) is 0 Å². The third-order valence-electron chi connectivity index (χ3n) is 4.91. The Morgan fingerprint density at radius 2 is 1.84 bits per heavy atom. The molecule has 3 fully saturated rings. The lowest BCUT2D eigenvalue weighted by molar-refractivity contribution is 0.141. The van der Waals surface area contributed by atoms with E-state index in [0.717, 1.165) is 22.6 Å². The second-order valence-electron chi connectivity index (χ2n) is 5.99. The third-order valence-corrected chi connectivity index (χ3v) is 8.08. The zero-order valence-corrected chi connectivity index (χ0v) is 12.8. The first-order valence-corrected chi connectivity index (χ1v) is 9.54. The highest BCUT2D eigenvalue weighted by atomic mass is 32.2. The fourth-order valence-electron chi connectivity index (χ4n) is 4.10. The van der Waals surface area contributed by atoms with Crippen LogP contribution in [0, 0.1) is 5.92 Å². The predicted molar refractivity (Wildman–Crippen MR) is 85.6 cm³/mol. The molecule has 2 bridgehead atoms. The average Bonchev–Trinajstić information content (AvgIpc) is 3.16. The van der Waals surface area contributed by atoms with Crippen LogP contribution in [0.4, 0.5) is 0 Å². The number of fused-ring (bicyclic) bond motifs is 2. The largest absolute Gasteiger partial charge is 0.291 e. The van der Waals surface area contributed by atoms with Crippen molar-refractivity contribution >= 4 is 23.5 Å². The summed E-state index contributed by atoms with van der Waals surface area (Å²) in [4.78, 5) is 2.85. The first-order valence-electron chi connectivity index (χ1n) is 7.45. The highest BCUT2D eigenvalue weighted by molar-refractivity contribution is 8.20. The number of hydrogen-bond acceptors (Lipinski definition) is 3. The molecule has 19 heavy (non-hydrogen) atoms. The van der Waals surface area contributed by atoms with Crippen LogP contribution in [-0.4, -0.2) is 33.1 Å². The summed E-state index contributed by atoms with van der Waals surface area (Å²) in [5.41, 5.74) is 1.49. The second-order valence-corrected chi connectivity index (χ2v) is 8.78. The van der Waals surface area contributed by atoms with Gasteiger partial charge in [-0.05, 0) is 30.7 Å². The van der Waals surface area contributed by atoms with E-state index in [-0.39, 0.29) is 0 Å². The summed E-state index contributed by atoms with van der Waals surface area (Å²) in [5, 5.41) is 0. The van der Waals surface area contributed by atoms with Crippen molar-refractivity contribution in [3.05, 3.63) is 35.9 Å². The van der Waals surface area contributed by atoms with Crippen LogP contribution in [0.25, 0.3) is 0 Å². The number of thioether (sulfide) groups is 2. The third kappa shape index (κ3) is 2.34. The van der Waals surface area contributed by atoms with E-state index in [9.17, 15) is 0 Å². The Bertz CT molecular complexity index is 430. The lowest BCUT2D eigenvalue weighted by Gasteiger charge is -2.38. The molecule has 3 aliphatic rings. The van der Waals surface area contributed by atoms with E-state index in [1.807, 2.05) is 0 Å². The smallest absolute Gasteiger partial charge is 0.0661 e. The summed E-state index contributed by atoms with van der Waals surface area (Å²) < 4.78 is 0.846. The van der Waals surface area contributed by atoms with Gasteiger partial charge in [-0.1, -0.05) is 30.3 Å². The Morgan fingerprint density at radius 3 is 2.63 bits per heavy atom. The van der Waals surface area contributed by atoms with Crippen molar-refractivity contribution in [2.45, 2.75) is 42.5 Å². The molecule has 0 radical (unpaired) electrons. The van der Waals surface area contributed by atoms with Crippen molar-refractivity contribution in [2.75, 3.05) is 11.5 Å². The van der Waals surface area contributed by atoms with Gasteiger partial charge in [-0.3, -0.25) is 4.90 Å². The van der Waals surface area contributed by atoms with E-state index in [1.165, 1.54) is 42.9 Å². The normalized spacial score (nSPS) is 35.3. The second kappa shape index (κ2) is 5.34. The summed E-state index contributed by atoms with van der Waals surface area (Å²) in [7, 11) is 0. The molecule has 0 aromatic heterocycles. The first kappa shape index (κ1) is 12.6. The van der Waals surface area contributed by atoms with Gasteiger partial charge in [-0.2, -0.15) is 0 Å². The molecule has 0 unspecified atom stereocenters. The summed E-state index contributed by atoms with van der Waals surface area (Å²) in [6.07, 6.45) is 4.39.